The molecule has 3 aromatic rings. The van der Waals surface area contributed by atoms with Gasteiger partial charge in [0.1, 0.15) is 17.7 Å². The van der Waals surface area contributed by atoms with Crippen molar-refractivity contribution in [2.75, 3.05) is 19.0 Å². The van der Waals surface area contributed by atoms with Crippen LogP contribution in [0.4, 0.5) is 5.00 Å². The van der Waals surface area contributed by atoms with E-state index < -0.39 is 18.5 Å². The molecular formula is C22H18N2O5S. The zero-order valence-electron chi connectivity index (χ0n) is 16.1. The van der Waals surface area contributed by atoms with Crippen LogP contribution >= 0.6 is 11.3 Å². The zero-order valence-corrected chi connectivity index (χ0v) is 16.9. The SMILES string of the molecule is COc1cc(C(=O)OCC(=O)Nc2sccc2C#N)ccc1OCc1ccccc1. The quantitative estimate of drug-likeness (QED) is 0.551. The zero-order chi connectivity index (χ0) is 21.3. The minimum Gasteiger partial charge on any atom is -0.493 e. The maximum absolute atomic E-state index is 12.3. The third-order valence-corrected chi connectivity index (χ3v) is 4.84. The number of anilines is 1. The standard InChI is InChI=1S/C22H18N2O5S/c1-27-19-11-16(7-8-18(19)28-13-15-5-3-2-4-6-15)22(26)29-14-20(25)24-21-17(12-23)9-10-30-21/h2-11H,13-14H2,1H3,(H,24,25). The van der Waals surface area contributed by atoms with Crippen molar-refractivity contribution in [1.29, 1.82) is 5.26 Å². The number of ether oxygens (including phenoxy) is 3. The number of nitrogens with one attached hydrogen (secondary N) is 1. The van der Waals surface area contributed by atoms with E-state index in [1.165, 1.54) is 30.6 Å². The molecule has 0 unspecified atom stereocenters. The monoisotopic (exact) mass is 422 g/mol. The number of hydrogen-bond donors (Lipinski definition) is 1. The molecule has 0 spiro atoms. The minimum absolute atomic E-state index is 0.223. The van der Waals surface area contributed by atoms with Crippen LogP contribution in [0.15, 0.2) is 60.0 Å². The number of nitrogens with zero attached hydrogens (tertiary/aromatic N) is 1. The van der Waals surface area contributed by atoms with Crippen molar-refractivity contribution < 1.29 is 23.8 Å². The molecule has 0 saturated carbocycles. The first kappa shape index (κ1) is 20.9. The van der Waals surface area contributed by atoms with Crippen LogP contribution in [-0.2, 0) is 16.1 Å². The fraction of sp³-hybridized carbons (Fsp3) is 0.136. The summed E-state index contributed by atoms with van der Waals surface area (Å²) in [6.07, 6.45) is 0. The molecule has 0 atom stereocenters. The van der Waals surface area contributed by atoms with Crippen molar-refractivity contribution in [1.82, 2.24) is 0 Å². The molecule has 30 heavy (non-hydrogen) atoms. The fourth-order valence-corrected chi connectivity index (χ4v) is 3.27. The van der Waals surface area contributed by atoms with Crippen LogP contribution in [0.25, 0.3) is 0 Å². The van der Waals surface area contributed by atoms with Gasteiger partial charge in [-0.1, -0.05) is 30.3 Å². The first-order valence-electron chi connectivity index (χ1n) is 8.90. The van der Waals surface area contributed by atoms with Crippen LogP contribution in [-0.4, -0.2) is 25.6 Å². The van der Waals surface area contributed by atoms with E-state index in [4.69, 9.17) is 19.5 Å². The molecule has 8 heteroatoms. The van der Waals surface area contributed by atoms with Gasteiger partial charge in [-0.15, -0.1) is 11.3 Å². The highest BCUT2D eigenvalue weighted by Crippen LogP contribution is 2.29. The molecule has 7 nitrogen and oxygen atoms in total. The Morgan fingerprint density at radius 2 is 1.90 bits per heavy atom. The summed E-state index contributed by atoms with van der Waals surface area (Å²) in [5.74, 6) is -0.346. The Hall–Kier alpha value is -3.83. The summed E-state index contributed by atoms with van der Waals surface area (Å²) >= 11 is 1.22. The summed E-state index contributed by atoms with van der Waals surface area (Å²) in [6, 6.07) is 17.9. The van der Waals surface area contributed by atoms with E-state index in [1.54, 1.807) is 17.5 Å². The summed E-state index contributed by atoms with van der Waals surface area (Å²) in [4.78, 5) is 24.3. The first-order valence-corrected chi connectivity index (χ1v) is 9.78. The molecule has 0 bridgehead atoms. The average Bonchev–Trinajstić information content (AvgIpc) is 3.23. The second-order valence-electron chi connectivity index (χ2n) is 6.04. The highest BCUT2D eigenvalue weighted by molar-refractivity contribution is 7.14. The molecule has 0 radical (unpaired) electrons. The molecule has 0 aliphatic rings. The van der Waals surface area contributed by atoms with Crippen molar-refractivity contribution in [3.8, 4) is 17.6 Å². The van der Waals surface area contributed by atoms with E-state index in [9.17, 15) is 9.59 Å². The summed E-state index contributed by atoms with van der Waals surface area (Å²) in [6.45, 7) is -0.120. The number of hydrogen-bond acceptors (Lipinski definition) is 7. The van der Waals surface area contributed by atoms with Gasteiger partial charge in [-0.25, -0.2) is 4.79 Å². The molecule has 0 saturated heterocycles. The van der Waals surface area contributed by atoms with Crippen molar-refractivity contribution in [2.24, 2.45) is 0 Å². The van der Waals surface area contributed by atoms with Gasteiger partial charge in [0.2, 0.25) is 0 Å². The molecular weight excluding hydrogens is 404 g/mol. The molecule has 0 aliphatic heterocycles. The number of benzene rings is 2. The highest BCUT2D eigenvalue weighted by atomic mass is 32.1. The van der Waals surface area contributed by atoms with Crippen LogP contribution in [0.1, 0.15) is 21.5 Å². The third-order valence-electron chi connectivity index (χ3n) is 4.01. The van der Waals surface area contributed by atoms with E-state index in [2.05, 4.69) is 5.32 Å². The fourth-order valence-electron chi connectivity index (χ4n) is 2.52. The van der Waals surface area contributed by atoms with Crippen LogP contribution in [0.5, 0.6) is 11.5 Å². The number of amides is 1. The second-order valence-corrected chi connectivity index (χ2v) is 6.96. The molecule has 0 aliphatic carbocycles. The molecule has 152 valence electrons. The lowest BCUT2D eigenvalue weighted by molar-refractivity contribution is -0.119. The van der Waals surface area contributed by atoms with Gasteiger partial charge in [-0.05, 0) is 35.2 Å². The number of carbonyl (C=O) groups excluding carboxylic acids is 2. The Balaban J connectivity index is 1.57. The molecule has 1 N–H and O–H groups in total. The molecule has 1 amide bonds. The normalized spacial score (nSPS) is 10.0. The number of rotatable bonds is 8. The Bertz CT molecular complexity index is 1070. The molecule has 1 aromatic heterocycles. The molecule has 1 heterocycles. The van der Waals surface area contributed by atoms with Crippen LogP contribution in [0.2, 0.25) is 0 Å². The van der Waals surface area contributed by atoms with Gasteiger partial charge in [0, 0.05) is 0 Å². The van der Waals surface area contributed by atoms with Gasteiger partial charge in [0.15, 0.2) is 18.1 Å². The van der Waals surface area contributed by atoms with Gasteiger partial charge in [-0.2, -0.15) is 5.26 Å². The number of esters is 1. The minimum atomic E-state index is -0.676. The molecule has 3 rings (SSSR count). The van der Waals surface area contributed by atoms with E-state index in [-0.39, 0.29) is 5.56 Å². The van der Waals surface area contributed by atoms with Crippen molar-refractivity contribution in [3.63, 3.8) is 0 Å². The van der Waals surface area contributed by atoms with E-state index in [0.717, 1.165) is 5.56 Å². The summed E-state index contributed by atoms with van der Waals surface area (Å²) in [5, 5.41) is 13.6. The Morgan fingerprint density at radius 1 is 1.10 bits per heavy atom. The largest absolute Gasteiger partial charge is 0.493 e. The Labute approximate surface area is 177 Å². The Kier molecular flexibility index (Phi) is 7.03. The maximum atomic E-state index is 12.3. The van der Waals surface area contributed by atoms with Gasteiger partial charge in [0.25, 0.3) is 5.91 Å². The van der Waals surface area contributed by atoms with Crippen molar-refractivity contribution in [2.45, 2.75) is 6.61 Å². The van der Waals surface area contributed by atoms with Crippen molar-refractivity contribution >= 4 is 28.2 Å². The lowest BCUT2D eigenvalue weighted by atomic mass is 10.2. The maximum Gasteiger partial charge on any atom is 0.338 e. The first-order chi connectivity index (χ1) is 14.6. The lowest BCUT2D eigenvalue weighted by Crippen LogP contribution is -2.20. The number of thiophene rings is 1. The number of carbonyl (C=O) groups is 2. The average molecular weight is 422 g/mol. The molecule has 0 fully saturated rings. The number of nitriles is 1. The number of methoxy groups -OCH3 is 1. The summed E-state index contributed by atoms with van der Waals surface area (Å²) in [5.41, 5.74) is 1.58. The van der Waals surface area contributed by atoms with Gasteiger partial charge in [-0.3, -0.25) is 4.79 Å². The lowest BCUT2D eigenvalue weighted by Gasteiger charge is -2.12. The van der Waals surface area contributed by atoms with Crippen LogP contribution < -0.4 is 14.8 Å². The van der Waals surface area contributed by atoms with Crippen LogP contribution in [0.3, 0.4) is 0 Å². The van der Waals surface area contributed by atoms with Gasteiger partial charge < -0.3 is 19.5 Å². The predicted octanol–water partition coefficient (Wildman–Crippen LogP) is 4.00. The van der Waals surface area contributed by atoms with E-state index in [1.807, 2.05) is 36.4 Å². The summed E-state index contributed by atoms with van der Waals surface area (Å²) in [7, 11) is 1.47. The van der Waals surface area contributed by atoms with E-state index in [0.29, 0.717) is 28.7 Å². The van der Waals surface area contributed by atoms with Gasteiger partial charge >= 0.3 is 5.97 Å². The molecule has 2 aromatic carbocycles. The smallest absolute Gasteiger partial charge is 0.338 e. The Morgan fingerprint density at radius 3 is 2.63 bits per heavy atom. The van der Waals surface area contributed by atoms with Gasteiger partial charge in [0.05, 0.1) is 18.2 Å². The van der Waals surface area contributed by atoms with Crippen molar-refractivity contribution in [3.05, 3.63) is 76.7 Å². The predicted molar refractivity (Wildman–Crippen MR) is 112 cm³/mol. The summed E-state index contributed by atoms with van der Waals surface area (Å²) < 4.78 is 16.1. The second kappa shape index (κ2) is 10.1. The van der Waals surface area contributed by atoms with Crippen LogP contribution in [0, 0.1) is 11.3 Å². The topological polar surface area (TPSA) is 97.6 Å². The third kappa shape index (κ3) is 5.37. The highest BCUT2D eigenvalue weighted by Gasteiger charge is 2.15. The van der Waals surface area contributed by atoms with E-state index >= 15 is 0 Å².